The molecule has 0 aromatic heterocycles. The van der Waals surface area contributed by atoms with Gasteiger partial charge in [-0.2, -0.15) is 0 Å². The van der Waals surface area contributed by atoms with Crippen LogP contribution >= 0.6 is 0 Å². The van der Waals surface area contributed by atoms with Gasteiger partial charge in [0.2, 0.25) is 0 Å². The van der Waals surface area contributed by atoms with Crippen LogP contribution in [-0.2, 0) is 6.42 Å². The molecule has 0 aliphatic heterocycles. The molecule has 100 valence electrons. The second-order valence-electron chi connectivity index (χ2n) is 5.34. The predicted molar refractivity (Wildman–Crippen MR) is 80.0 cm³/mol. The Hall–Kier alpha value is -2.35. The molecule has 2 heteroatoms. The second kappa shape index (κ2) is 4.64. The molecule has 0 bridgehead atoms. The number of hydrogen-bond donors (Lipinski definition) is 1. The molecule has 20 heavy (non-hydrogen) atoms. The molecule has 0 heterocycles. The minimum absolute atomic E-state index is 0.115. The summed E-state index contributed by atoms with van der Waals surface area (Å²) in [5, 5.41) is 9.80. The molecule has 1 aliphatic rings. The van der Waals surface area contributed by atoms with Gasteiger partial charge in [-0.05, 0) is 54.3 Å². The first-order chi connectivity index (χ1) is 9.56. The lowest BCUT2D eigenvalue weighted by atomic mass is 10.0. The molecule has 0 atom stereocenters. The first-order valence-electron chi connectivity index (χ1n) is 6.69. The molecule has 1 N–H and O–H groups in total. The standard InChI is InChI=1S/C18H16O2/c1-11-7-13(8-12(2)17(11)19)9-15-10-14-5-3-4-6-16(14)18(15)20/h3-9,19H,10H2,1-2H3. The zero-order chi connectivity index (χ0) is 14.3. The van der Waals surface area contributed by atoms with Gasteiger partial charge in [0.15, 0.2) is 5.78 Å². The maximum absolute atomic E-state index is 12.3. The average Bonchev–Trinajstić information content (AvgIpc) is 2.73. The molecule has 0 fully saturated rings. The SMILES string of the molecule is Cc1cc(C=C2Cc3ccccc3C2=O)cc(C)c1O. The number of carbonyl (C=O) groups is 1. The van der Waals surface area contributed by atoms with Crippen LogP contribution in [0.2, 0.25) is 0 Å². The molecule has 2 nitrogen and oxygen atoms in total. The van der Waals surface area contributed by atoms with Crippen LogP contribution in [-0.4, -0.2) is 10.9 Å². The molecular formula is C18H16O2. The van der Waals surface area contributed by atoms with Crippen molar-refractivity contribution in [3.63, 3.8) is 0 Å². The molecule has 2 aromatic carbocycles. The van der Waals surface area contributed by atoms with Gasteiger partial charge in [-0.1, -0.05) is 24.3 Å². The molecule has 1 aliphatic carbocycles. The molecule has 0 spiro atoms. The summed E-state index contributed by atoms with van der Waals surface area (Å²) in [5.41, 5.74) is 5.35. The lowest BCUT2D eigenvalue weighted by molar-refractivity contribution is 0.104. The van der Waals surface area contributed by atoms with Crippen LogP contribution in [0.15, 0.2) is 42.0 Å². The Morgan fingerprint density at radius 1 is 1.10 bits per heavy atom. The average molecular weight is 264 g/mol. The Labute approximate surface area is 118 Å². The Morgan fingerprint density at radius 2 is 1.75 bits per heavy atom. The van der Waals surface area contributed by atoms with E-state index in [2.05, 4.69) is 0 Å². The van der Waals surface area contributed by atoms with Gasteiger partial charge >= 0.3 is 0 Å². The summed E-state index contributed by atoms with van der Waals surface area (Å²) >= 11 is 0. The van der Waals surface area contributed by atoms with Crippen molar-refractivity contribution in [2.24, 2.45) is 0 Å². The molecule has 3 rings (SSSR count). The number of phenolic OH excluding ortho intramolecular Hbond substituents is 1. The number of hydrogen-bond acceptors (Lipinski definition) is 2. The van der Waals surface area contributed by atoms with Gasteiger partial charge in [-0.15, -0.1) is 0 Å². The number of aryl methyl sites for hydroxylation is 2. The molecule has 0 unspecified atom stereocenters. The third kappa shape index (κ3) is 2.03. The number of rotatable bonds is 1. The Morgan fingerprint density at radius 3 is 2.40 bits per heavy atom. The quantitative estimate of drug-likeness (QED) is 0.795. The zero-order valence-corrected chi connectivity index (χ0v) is 11.6. The van der Waals surface area contributed by atoms with Crippen molar-refractivity contribution in [1.82, 2.24) is 0 Å². The van der Waals surface area contributed by atoms with Crippen molar-refractivity contribution in [2.45, 2.75) is 20.3 Å². The highest BCUT2D eigenvalue weighted by Crippen LogP contribution is 2.29. The summed E-state index contributed by atoms with van der Waals surface area (Å²) in [7, 11) is 0. The van der Waals surface area contributed by atoms with Gasteiger partial charge in [0, 0.05) is 17.6 Å². The topological polar surface area (TPSA) is 37.3 Å². The number of ketones is 1. The Bertz CT molecular complexity index is 716. The van der Waals surface area contributed by atoms with Crippen LogP contribution in [0.1, 0.15) is 32.6 Å². The summed E-state index contributed by atoms with van der Waals surface area (Å²) < 4.78 is 0. The van der Waals surface area contributed by atoms with E-state index in [9.17, 15) is 9.90 Å². The predicted octanol–water partition coefficient (Wildman–Crippen LogP) is 3.83. The Kier molecular flexibility index (Phi) is 2.94. The van der Waals surface area contributed by atoms with Gasteiger partial charge < -0.3 is 5.11 Å². The van der Waals surface area contributed by atoms with Gasteiger partial charge in [-0.25, -0.2) is 0 Å². The van der Waals surface area contributed by atoms with E-state index in [-0.39, 0.29) is 5.78 Å². The van der Waals surface area contributed by atoms with Crippen molar-refractivity contribution < 1.29 is 9.90 Å². The zero-order valence-electron chi connectivity index (χ0n) is 11.6. The molecule has 2 aromatic rings. The van der Waals surface area contributed by atoms with E-state index in [4.69, 9.17) is 0 Å². The van der Waals surface area contributed by atoms with Crippen LogP contribution < -0.4 is 0 Å². The largest absolute Gasteiger partial charge is 0.507 e. The highest BCUT2D eigenvalue weighted by molar-refractivity contribution is 6.15. The minimum atomic E-state index is 0.115. The minimum Gasteiger partial charge on any atom is -0.507 e. The molecule has 0 saturated heterocycles. The lowest BCUT2D eigenvalue weighted by Gasteiger charge is -2.05. The number of fused-ring (bicyclic) bond motifs is 1. The van der Waals surface area contributed by atoms with Crippen LogP contribution in [0.4, 0.5) is 0 Å². The van der Waals surface area contributed by atoms with E-state index in [1.54, 1.807) is 0 Å². The summed E-state index contributed by atoms with van der Waals surface area (Å²) in [5.74, 6) is 0.442. The summed E-state index contributed by atoms with van der Waals surface area (Å²) in [6, 6.07) is 11.6. The van der Waals surface area contributed by atoms with Gasteiger partial charge in [0.05, 0.1) is 0 Å². The van der Waals surface area contributed by atoms with E-state index >= 15 is 0 Å². The van der Waals surface area contributed by atoms with Crippen molar-refractivity contribution in [3.8, 4) is 5.75 Å². The van der Waals surface area contributed by atoms with Crippen LogP contribution in [0.25, 0.3) is 6.08 Å². The number of allylic oxidation sites excluding steroid dienone is 1. The van der Waals surface area contributed by atoms with E-state index in [0.29, 0.717) is 12.2 Å². The van der Waals surface area contributed by atoms with Crippen molar-refractivity contribution in [1.29, 1.82) is 0 Å². The van der Waals surface area contributed by atoms with Gasteiger partial charge in [0.1, 0.15) is 5.75 Å². The van der Waals surface area contributed by atoms with Gasteiger partial charge in [0.25, 0.3) is 0 Å². The fraction of sp³-hybridized carbons (Fsp3) is 0.167. The lowest BCUT2D eigenvalue weighted by Crippen LogP contribution is -1.95. The van der Waals surface area contributed by atoms with Crippen molar-refractivity contribution >= 4 is 11.9 Å². The van der Waals surface area contributed by atoms with E-state index in [1.165, 1.54) is 0 Å². The first kappa shape index (κ1) is 12.7. The summed E-state index contributed by atoms with van der Waals surface area (Å²) in [4.78, 5) is 12.3. The van der Waals surface area contributed by atoms with E-state index < -0.39 is 0 Å². The van der Waals surface area contributed by atoms with E-state index in [1.807, 2.05) is 56.3 Å². The van der Waals surface area contributed by atoms with Crippen LogP contribution in [0.3, 0.4) is 0 Å². The summed E-state index contributed by atoms with van der Waals surface area (Å²) in [6.07, 6.45) is 2.62. The maximum Gasteiger partial charge on any atom is 0.189 e. The number of carbonyl (C=O) groups excluding carboxylic acids is 1. The second-order valence-corrected chi connectivity index (χ2v) is 5.34. The Balaban J connectivity index is 2.02. The molecule has 0 amide bonds. The molecular weight excluding hydrogens is 248 g/mol. The first-order valence-corrected chi connectivity index (χ1v) is 6.69. The third-order valence-electron chi connectivity index (χ3n) is 3.79. The monoisotopic (exact) mass is 264 g/mol. The highest BCUT2D eigenvalue weighted by Gasteiger charge is 2.23. The number of aromatic hydroxyl groups is 1. The number of Topliss-reactive ketones (excluding diaryl/α,β-unsaturated/α-hetero) is 1. The third-order valence-corrected chi connectivity index (χ3v) is 3.79. The smallest absolute Gasteiger partial charge is 0.189 e. The molecule has 0 saturated carbocycles. The normalized spacial score (nSPS) is 15.7. The fourth-order valence-corrected chi connectivity index (χ4v) is 2.74. The number of phenols is 1. The summed E-state index contributed by atoms with van der Waals surface area (Å²) in [6.45, 7) is 3.74. The van der Waals surface area contributed by atoms with Crippen molar-refractivity contribution in [3.05, 3.63) is 69.8 Å². The maximum atomic E-state index is 12.3. The van der Waals surface area contributed by atoms with Crippen molar-refractivity contribution in [2.75, 3.05) is 0 Å². The highest BCUT2D eigenvalue weighted by atomic mass is 16.3. The molecule has 0 radical (unpaired) electrons. The van der Waals surface area contributed by atoms with Crippen LogP contribution in [0.5, 0.6) is 5.75 Å². The number of benzene rings is 2. The van der Waals surface area contributed by atoms with Crippen LogP contribution in [0, 0.1) is 13.8 Å². The fourth-order valence-electron chi connectivity index (χ4n) is 2.74. The van der Waals surface area contributed by atoms with Gasteiger partial charge in [-0.3, -0.25) is 4.79 Å². The van der Waals surface area contributed by atoms with E-state index in [0.717, 1.165) is 33.4 Å².